The van der Waals surface area contributed by atoms with E-state index in [2.05, 4.69) is 4.98 Å². The molecule has 2 heterocycles. The molecule has 1 aliphatic heterocycles. The molecule has 1 aliphatic carbocycles. The number of nitrogens with zero attached hydrogens (tertiary/aromatic N) is 1. The van der Waals surface area contributed by atoms with Gasteiger partial charge in [-0.3, -0.25) is 18.9 Å². The largest absolute Gasteiger partial charge is 0.378 e. The lowest BCUT2D eigenvalue weighted by Gasteiger charge is -2.40. The van der Waals surface area contributed by atoms with Crippen LogP contribution in [0.2, 0.25) is 0 Å². The van der Waals surface area contributed by atoms with E-state index in [1.165, 1.54) is 23.8 Å². The van der Waals surface area contributed by atoms with Crippen LogP contribution in [0.3, 0.4) is 0 Å². The Bertz CT molecular complexity index is 1010. The van der Waals surface area contributed by atoms with Gasteiger partial charge in [0.15, 0.2) is 11.1 Å². The fourth-order valence-electron chi connectivity index (χ4n) is 4.96. The Morgan fingerprint density at radius 2 is 1.82 bits per heavy atom. The molecular formula is C22H37N2O8P. The van der Waals surface area contributed by atoms with Crippen LogP contribution in [-0.2, 0) is 18.6 Å². The van der Waals surface area contributed by atoms with Crippen molar-refractivity contribution in [2.45, 2.75) is 109 Å². The van der Waals surface area contributed by atoms with E-state index in [1.54, 1.807) is 20.8 Å². The molecule has 2 fully saturated rings. The first-order valence-electron chi connectivity index (χ1n) is 11.6. The third-order valence-corrected chi connectivity index (χ3v) is 9.45. The summed E-state index contributed by atoms with van der Waals surface area (Å²) >= 11 is 0. The van der Waals surface area contributed by atoms with E-state index in [-0.39, 0.29) is 24.5 Å². The number of hydrogen-bond donors (Lipinski definition) is 3. The second-order valence-electron chi connectivity index (χ2n) is 9.92. The molecule has 33 heavy (non-hydrogen) atoms. The SMILES string of the molecule is CCC(CC)(C[C@H]1C[C@@H](n2ccc(=O)[nH]c2=O)[C@@H]2OC(C)(C)O[C@H]12)OP(=O)(O)C(C)(O)CC. The van der Waals surface area contributed by atoms with Crippen molar-refractivity contribution < 1.29 is 28.6 Å². The first-order valence-corrected chi connectivity index (χ1v) is 13.2. The predicted molar refractivity (Wildman–Crippen MR) is 122 cm³/mol. The zero-order valence-electron chi connectivity index (χ0n) is 20.2. The molecule has 1 saturated carbocycles. The van der Waals surface area contributed by atoms with Crippen LogP contribution < -0.4 is 11.2 Å². The summed E-state index contributed by atoms with van der Waals surface area (Å²) in [6.07, 6.45) is 2.53. The van der Waals surface area contributed by atoms with E-state index in [1.807, 2.05) is 13.8 Å². The zero-order valence-corrected chi connectivity index (χ0v) is 21.1. The predicted octanol–water partition coefficient (Wildman–Crippen LogP) is 2.89. The van der Waals surface area contributed by atoms with E-state index >= 15 is 0 Å². The summed E-state index contributed by atoms with van der Waals surface area (Å²) < 4.78 is 32.7. The van der Waals surface area contributed by atoms with Crippen molar-refractivity contribution in [3.8, 4) is 0 Å². The third-order valence-electron chi connectivity index (χ3n) is 7.28. The quantitative estimate of drug-likeness (QED) is 0.451. The van der Waals surface area contributed by atoms with Crippen LogP contribution in [0.5, 0.6) is 0 Å². The van der Waals surface area contributed by atoms with Crippen LogP contribution in [0.15, 0.2) is 21.9 Å². The maximum atomic E-state index is 13.0. The fourth-order valence-corrected chi connectivity index (χ4v) is 6.42. The van der Waals surface area contributed by atoms with Gasteiger partial charge in [-0.15, -0.1) is 0 Å². The summed E-state index contributed by atoms with van der Waals surface area (Å²) in [6.45, 7) is 10.3. The van der Waals surface area contributed by atoms with Crippen LogP contribution in [0.4, 0.5) is 0 Å². The Morgan fingerprint density at radius 1 is 1.21 bits per heavy atom. The molecule has 0 amide bonds. The smallest absolute Gasteiger partial charge is 0.359 e. The number of H-pyrrole nitrogens is 1. The standard InChI is InChI=1S/C22H37N2O8P/c1-7-21(6,27)33(28,29)32-22(8-2,9-3)13-14-12-15(18-17(14)30-20(4,5)31-18)24-11-10-16(25)23-19(24)26/h10-11,14-15,17-18,27H,7-9,12-13H2,1-6H3,(H,28,29)(H,23,25,26)/t14-,15-,17-,18+,21?/m1/s1. The number of rotatable bonds is 9. The summed E-state index contributed by atoms with van der Waals surface area (Å²) in [6, 6.07) is 0.919. The normalized spacial score (nSPS) is 30.5. The lowest BCUT2D eigenvalue weighted by Crippen LogP contribution is -2.39. The highest BCUT2D eigenvalue weighted by Gasteiger charge is 2.57. The number of hydrogen-bond acceptors (Lipinski definition) is 7. The number of aromatic nitrogens is 2. The van der Waals surface area contributed by atoms with Gasteiger partial charge in [0.1, 0.15) is 6.10 Å². The molecule has 2 aliphatic rings. The van der Waals surface area contributed by atoms with Gasteiger partial charge in [-0.25, -0.2) is 4.79 Å². The zero-order chi connectivity index (χ0) is 24.8. The van der Waals surface area contributed by atoms with Crippen LogP contribution >= 0.6 is 7.60 Å². The minimum absolute atomic E-state index is 0.0702. The van der Waals surface area contributed by atoms with E-state index in [9.17, 15) is 24.2 Å². The number of ether oxygens (including phenoxy) is 2. The molecular weight excluding hydrogens is 451 g/mol. The summed E-state index contributed by atoms with van der Waals surface area (Å²) in [7, 11) is -4.36. The number of nitrogens with one attached hydrogen (secondary N) is 1. The van der Waals surface area contributed by atoms with Gasteiger partial charge in [-0.2, -0.15) is 0 Å². The number of aliphatic hydroxyl groups is 1. The Labute approximate surface area is 193 Å². The van der Waals surface area contributed by atoms with Gasteiger partial charge in [-0.05, 0) is 58.8 Å². The Balaban J connectivity index is 1.94. The Hall–Kier alpha value is -1.29. The van der Waals surface area contributed by atoms with Crippen molar-refractivity contribution in [1.82, 2.24) is 9.55 Å². The van der Waals surface area contributed by atoms with Gasteiger partial charge in [0, 0.05) is 12.3 Å². The molecule has 6 atom stereocenters. The van der Waals surface area contributed by atoms with Crippen molar-refractivity contribution in [2.24, 2.45) is 5.92 Å². The van der Waals surface area contributed by atoms with E-state index in [0.29, 0.717) is 25.7 Å². The van der Waals surface area contributed by atoms with Gasteiger partial charge < -0.3 is 24.0 Å². The molecule has 2 unspecified atom stereocenters. The van der Waals surface area contributed by atoms with Crippen molar-refractivity contribution >= 4 is 7.60 Å². The van der Waals surface area contributed by atoms with Crippen LogP contribution in [0, 0.1) is 5.92 Å². The molecule has 0 aromatic carbocycles. The minimum Gasteiger partial charge on any atom is -0.378 e. The van der Waals surface area contributed by atoms with Gasteiger partial charge in [-0.1, -0.05) is 20.8 Å². The molecule has 3 N–H and O–H groups in total. The molecule has 0 radical (unpaired) electrons. The van der Waals surface area contributed by atoms with Gasteiger partial charge >= 0.3 is 13.3 Å². The lowest BCUT2D eigenvalue weighted by atomic mass is 9.84. The molecule has 1 saturated heterocycles. The van der Waals surface area contributed by atoms with Crippen molar-refractivity contribution in [1.29, 1.82) is 0 Å². The van der Waals surface area contributed by atoms with Gasteiger partial charge in [0.05, 0.1) is 17.7 Å². The summed E-state index contributed by atoms with van der Waals surface area (Å²) in [5, 5.41) is 8.62. The second kappa shape index (κ2) is 9.06. The lowest BCUT2D eigenvalue weighted by molar-refractivity contribution is -0.163. The molecule has 1 aromatic rings. The second-order valence-corrected chi connectivity index (χ2v) is 12.1. The molecule has 0 spiro atoms. The van der Waals surface area contributed by atoms with Crippen LogP contribution in [-0.4, -0.2) is 48.5 Å². The average Bonchev–Trinajstić information content (AvgIpc) is 3.20. The van der Waals surface area contributed by atoms with Crippen LogP contribution in [0.1, 0.15) is 79.7 Å². The number of fused-ring (bicyclic) bond motifs is 1. The van der Waals surface area contributed by atoms with Gasteiger partial charge in [0.2, 0.25) is 0 Å². The highest BCUT2D eigenvalue weighted by atomic mass is 31.2. The molecule has 1 aromatic heterocycles. The summed E-state index contributed by atoms with van der Waals surface area (Å²) in [4.78, 5) is 37.0. The Morgan fingerprint density at radius 3 is 2.36 bits per heavy atom. The van der Waals surface area contributed by atoms with Crippen molar-refractivity contribution in [2.75, 3.05) is 0 Å². The minimum atomic E-state index is -4.36. The number of aromatic amines is 1. The van der Waals surface area contributed by atoms with Gasteiger partial charge in [0.25, 0.3) is 5.56 Å². The summed E-state index contributed by atoms with van der Waals surface area (Å²) in [5.74, 6) is -1.01. The molecule has 188 valence electrons. The topological polar surface area (TPSA) is 140 Å². The van der Waals surface area contributed by atoms with E-state index < -0.39 is 41.7 Å². The van der Waals surface area contributed by atoms with E-state index in [4.69, 9.17) is 14.0 Å². The first-order chi connectivity index (χ1) is 15.2. The maximum Gasteiger partial charge on any atom is 0.359 e. The highest BCUT2D eigenvalue weighted by molar-refractivity contribution is 7.54. The third kappa shape index (κ3) is 5.06. The summed E-state index contributed by atoms with van der Waals surface area (Å²) in [5.41, 5.74) is -1.97. The van der Waals surface area contributed by atoms with Crippen molar-refractivity contribution in [3.05, 3.63) is 33.1 Å². The van der Waals surface area contributed by atoms with Crippen molar-refractivity contribution in [3.63, 3.8) is 0 Å². The maximum absolute atomic E-state index is 13.0. The molecule has 11 heteroatoms. The van der Waals surface area contributed by atoms with Crippen LogP contribution in [0.25, 0.3) is 0 Å². The average molecular weight is 489 g/mol. The highest BCUT2D eigenvalue weighted by Crippen LogP contribution is 2.60. The first kappa shape index (κ1) is 26.3. The fraction of sp³-hybridized carbons (Fsp3) is 0.818. The molecule has 3 rings (SSSR count). The Kier molecular flexibility index (Phi) is 7.22. The molecule has 0 bridgehead atoms. The monoisotopic (exact) mass is 488 g/mol. The van der Waals surface area contributed by atoms with E-state index in [0.717, 1.165) is 0 Å². The molecule has 10 nitrogen and oxygen atoms in total.